The Kier molecular flexibility index (Phi) is 7.84. The summed E-state index contributed by atoms with van der Waals surface area (Å²) in [6.45, 7) is 7.65. The molecule has 0 bridgehead atoms. The molecule has 1 saturated heterocycles. The van der Waals surface area contributed by atoms with Crippen LogP contribution in [0.2, 0.25) is 0 Å². The molecule has 0 spiro atoms. The van der Waals surface area contributed by atoms with Gasteiger partial charge in [-0.2, -0.15) is 0 Å². The molecule has 7 nitrogen and oxygen atoms in total. The van der Waals surface area contributed by atoms with E-state index in [4.69, 9.17) is 18.9 Å². The predicted molar refractivity (Wildman–Crippen MR) is 83.7 cm³/mol. The third-order valence-electron chi connectivity index (χ3n) is 3.33. The van der Waals surface area contributed by atoms with Crippen molar-refractivity contribution in [2.45, 2.75) is 58.4 Å². The zero-order valence-electron chi connectivity index (χ0n) is 14.1. The highest BCUT2D eigenvalue weighted by Crippen LogP contribution is 2.36. The molecule has 1 heterocycles. The van der Waals surface area contributed by atoms with Gasteiger partial charge in [0, 0.05) is 26.7 Å². The Balaban J connectivity index is 3.02. The van der Waals surface area contributed by atoms with Crippen LogP contribution in [0.1, 0.15) is 34.6 Å². The predicted octanol–water partition coefficient (Wildman–Crippen LogP) is 1.53. The third-order valence-corrected chi connectivity index (χ3v) is 4.53. The van der Waals surface area contributed by atoms with E-state index < -0.39 is 36.2 Å². The molecule has 0 radical (unpaired) electrons. The summed E-state index contributed by atoms with van der Waals surface area (Å²) in [5.41, 5.74) is -0.253. The molecule has 0 amide bonds. The second-order valence-electron chi connectivity index (χ2n) is 5.31. The minimum Gasteiger partial charge on any atom is -0.463 e. The molecule has 1 fully saturated rings. The summed E-state index contributed by atoms with van der Waals surface area (Å²) in [6.07, 6.45) is -2.17. The van der Waals surface area contributed by atoms with Gasteiger partial charge in [0.2, 0.25) is 0 Å². The van der Waals surface area contributed by atoms with Crippen LogP contribution in [0.3, 0.4) is 0 Å². The van der Waals surface area contributed by atoms with Crippen molar-refractivity contribution in [3.8, 4) is 0 Å². The second kappa shape index (κ2) is 9.12. The SMILES string of the molecule is CCS[C@@H]1O[C@H](COC(C)=O)[C@@H](OC(C)=O)[C@H](OC(C)=O)[C@H]1C. The van der Waals surface area contributed by atoms with Crippen LogP contribution in [0, 0.1) is 5.92 Å². The quantitative estimate of drug-likeness (QED) is 0.527. The van der Waals surface area contributed by atoms with Gasteiger partial charge in [-0.25, -0.2) is 0 Å². The fraction of sp³-hybridized carbons (Fsp3) is 0.800. The summed E-state index contributed by atoms with van der Waals surface area (Å²) >= 11 is 1.56. The molecule has 132 valence electrons. The molecule has 1 aliphatic rings. The topological polar surface area (TPSA) is 88.1 Å². The molecule has 0 aromatic rings. The molecule has 1 aliphatic heterocycles. The Morgan fingerprint density at radius 3 is 2.04 bits per heavy atom. The highest BCUT2D eigenvalue weighted by atomic mass is 32.2. The molecule has 5 atom stereocenters. The summed E-state index contributed by atoms with van der Waals surface area (Å²) in [6, 6.07) is 0. The second-order valence-corrected chi connectivity index (χ2v) is 6.68. The molecule has 1 rings (SSSR count). The molecule has 0 saturated carbocycles. The summed E-state index contributed by atoms with van der Waals surface area (Å²) < 4.78 is 21.6. The lowest BCUT2D eigenvalue weighted by molar-refractivity contribution is -0.217. The first kappa shape index (κ1) is 19.8. The number of hydrogen-bond donors (Lipinski definition) is 0. The molecule has 23 heavy (non-hydrogen) atoms. The van der Waals surface area contributed by atoms with Gasteiger partial charge in [-0.15, -0.1) is 11.8 Å². The molecule has 0 aliphatic carbocycles. The Bertz CT molecular complexity index is 440. The van der Waals surface area contributed by atoms with Crippen molar-refractivity contribution in [1.29, 1.82) is 0 Å². The molecular weight excluding hydrogens is 324 g/mol. The Morgan fingerprint density at radius 2 is 1.57 bits per heavy atom. The number of hydrogen-bond acceptors (Lipinski definition) is 8. The summed E-state index contributed by atoms with van der Waals surface area (Å²) in [4.78, 5) is 33.9. The van der Waals surface area contributed by atoms with Crippen molar-refractivity contribution in [1.82, 2.24) is 0 Å². The maximum absolute atomic E-state index is 11.4. The fourth-order valence-electron chi connectivity index (χ4n) is 2.43. The van der Waals surface area contributed by atoms with Crippen molar-refractivity contribution in [3.63, 3.8) is 0 Å². The molecule has 0 aromatic carbocycles. The smallest absolute Gasteiger partial charge is 0.303 e. The van der Waals surface area contributed by atoms with E-state index in [0.29, 0.717) is 0 Å². The molecule has 8 heteroatoms. The number of ether oxygens (including phenoxy) is 4. The Labute approximate surface area is 140 Å². The van der Waals surface area contributed by atoms with Gasteiger partial charge in [-0.1, -0.05) is 13.8 Å². The minimum absolute atomic E-state index is 0.0709. The lowest BCUT2D eigenvalue weighted by atomic mass is 9.93. The number of esters is 3. The first-order chi connectivity index (χ1) is 10.8. The van der Waals surface area contributed by atoms with Crippen LogP contribution < -0.4 is 0 Å². The normalized spacial score (nSPS) is 30.4. The van der Waals surface area contributed by atoms with Gasteiger partial charge in [0.25, 0.3) is 0 Å². The average molecular weight is 348 g/mol. The summed E-state index contributed by atoms with van der Waals surface area (Å²) in [5, 5.41) is 0. The van der Waals surface area contributed by atoms with Gasteiger partial charge in [0.15, 0.2) is 6.10 Å². The standard InChI is InChI=1S/C15H24O7S/c1-6-23-15-8(2)13(20-10(4)17)14(21-11(5)18)12(22-15)7-19-9(3)16/h8,12-15H,6-7H2,1-5H3/t8-,12-,13-,14-,15+/m1/s1. The van der Waals surface area contributed by atoms with E-state index in [1.807, 2.05) is 13.8 Å². The van der Waals surface area contributed by atoms with Crippen molar-refractivity contribution < 1.29 is 33.3 Å². The van der Waals surface area contributed by atoms with Crippen molar-refractivity contribution in [2.75, 3.05) is 12.4 Å². The average Bonchev–Trinajstić information content (AvgIpc) is 2.43. The fourth-order valence-corrected chi connectivity index (χ4v) is 3.44. The number of carbonyl (C=O) groups is 3. The van der Waals surface area contributed by atoms with Gasteiger partial charge in [0.05, 0.1) is 0 Å². The van der Waals surface area contributed by atoms with E-state index in [9.17, 15) is 14.4 Å². The molecule has 0 unspecified atom stereocenters. The third kappa shape index (κ3) is 6.02. The van der Waals surface area contributed by atoms with Gasteiger partial charge < -0.3 is 18.9 Å². The van der Waals surface area contributed by atoms with E-state index in [0.717, 1.165) is 5.75 Å². The van der Waals surface area contributed by atoms with Crippen molar-refractivity contribution in [3.05, 3.63) is 0 Å². The van der Waals surface area contributed by atoms with Gasteiger partial charge in [0.1, 0.15) is 24.3 Å². The molecular formula is C15H24O7S. The van der Waals surface area contributed by atoms with Crippen LogP contribution in [0.5, 0.6) is 0 Å². The maximum Gasteiger partial charge on any atom is 0.303 e. The van der Waals surface area contributed by atoms with Crippen LogP contribution in [0.25, 0.3) is 0 Å². The van der Waals surface area contributed by atoms with Crippen LogP contribution in [0.15, 0.2) is 0 Å². The van der Waals surface area contributed by atoms with Crippen LogP contribution in [-0.4, -0.2) is 54.0 Å². The molecule has 0 N–H and O–H groups in total. The monoisotopic (exact) mass is 348 g/mol. The number of rotatable bonds is 6. The van der Waals surface area contributed by atoms with Crippen LogP contribution >= 0.6 is 11.8 Å². The van der Waals surface area contributed by atoms with Crippen LogP contribution in [-0.2, 0) is 33.3 Å². The van der Waals surface area contributed by atoms with Gasteiger partial charge in [-0.3, -0.25) is 14.4 Å². The minimum atomic E-state index is -0.820. The summed E-state index contributed by atoms with van der Waals surface area (Å²) in [7, 11) is 0. The van der Waals surface area contributed by atoms with E-state index in [1.54, 1.807) is 11.8 Å². The van der Waals surface area contributed by atoms with Crippen molar-refractivity contribution >= 4 is 29.7 Å². The molecule has 0 aromatic heterocycles. The Hall–Kier alpha value is -1.28. The van der Waals surface area contributed by atoms with Gasteiger partial charge in [-0.05, 0) is 5.75 Å². The maximum atomic E-state index is 11.4. The van der Waals surface area contributed by atoms with E-state index in [2.05, 4.69) is 0 Å². The number of thioether (sulfide) groups is 1. The first-order valence-corrected chi connectivity index (χ1v) is 8.56. The van der Waals surface area contributed by atoms with Crippen molar-refractivity contribution in [2.24, 2.45) is 5.92 Å². The highest BCUT2D eigenvalue weighted by molar-refractivity contribution is 7.99. The van der Waals surface area contributed by atoms with Gasteiger partial charge >= 0.3 is 17.9 Å². The number of carbonyl (C=O) groups excluding carboxylic acids is 3. The summed E-state index contributed by atoms with van der Waals surface area (Å²) in [5.74, 6) is -0.815. The zero-order chi connectivity index (χ0) is 17.6. The highest BCUT2D eigenvalue weighted by Gasteiger charge is 2.48. The van der Waals surface area contributed by atoms with E-state index in [-0.39, 0.29) is 18.0 Å². The largest absolute Gasteiger partial charge is 0.463 e. The van der Waals surface area contributed by atoms with Crippen LogP contribution in [0.4, 0.5) is 0 Å². The zero-order valence-corrected chi connectivity index (χ0v) is 14.9. The lowest BCUT2D eigenvalue weighted by Gasteiger charge is -2.43. The van der Waals surface area contributed by atoms with E-state index in [1.165, 1.54) is 20.8 Å². The first-order valence-electron chi connectivity index (χ1n) is 7.51. The lowest BCUT2D eigenvalue weighted by Crippen LogP contribution is -2.57. The Morgan fingerprint density at radius 1 is 1.00 bits per heavy atom. The van der Waals surface area contributed by atoms with E-state index >= 15 is 0 Å².